The Morgan fingerprint density at radius 1 is 1.04 bits per heavy atom. The highest BCUT2D eigenvalue weighted by molar-refractivity contribution is 6.39. The summed E-state index contributed by atoms with van der Waals surface area (Å²) in [5.74, 6) is -1.68. The first-order valence-corrected chi connectivity index (χ1v) is 6.84. The number of nitrogens with one attached hydrogen (secondary N) is 2. The number of anilines is 1. The molecule has 2 rings (SSSR count). The molecule has 0 spiro atoms. The smallest absolute Gasteiger partial charge is 0.318 e. The maximum atomic E-state index is 11.7. The van der Waals surface area contributed by atoms with Crippen molar-refractivity contribution in [2.75, 3.05) is 5.32 Å². The Morgan fingerprint density at radius 3 is 2.39 bits per heavy atom. The Morgan fingerprint density at radius 2 is 1.74 bits per heavy atom. The van der Waals surface area contributed by atoms with E-state index in [4.69, 9.17) is 5.26 Å². The van der Waals surface area contributed by atoms with E-state index < -0.39 is 11.8 Å². The molecular formula is C17H14N4O2. The van der Waals surface area contributed by atoms with E-state index in [0.717, 1.165) is 11.1 Å². The monoisotopic (exact) mass is 306 g/mol. The Balaban J connectivity index is 1.86. The zero-order valence-electron chi connectivity index (χ0n) is 12.2. The first-order valence-electron chi connectivity index (χ1n) is 6.84. The van der Waals surface area contributed by atoms with Crippen LogP contribution in [0.5, 0.6) is 0 Å². The lowest BCUT2D eigenvalue weighted by molar-refractivity contribution is -0.136. The molecule has 0 unspecified atom stereocenters. The van der Waals surface area contributed by atoms with Crippen LogP contribution < -0.4 is 10.7 Å². The average Bonchev–Trinajstić information content (AvgIpc) is 2.57. The summed E-state index contributed by atoms with van der Waals surface area (Å²) in [4.78, 5) is 23.3. The van der Waals surface area contributed by atoms with Gasteiger partial charge in [-0.05, 0) is 23.3 Å². The van der Waals surface area contributed by atoms with Crippen LogP contribution in [0.2, 0.25) is 0 Å². The lowest BCUT2D eigenvalue weighted by atomic mass is 10.1. The summed E-state index contributed by atoms with van der Waals surface area (Å²) in [6.45, 7) is 0. The largest absolute Gasteiger partial charge is 0.329 e. The molecule has 0 bridgehead atoms. The number of nitriles is 1. The Bertz CT molecular complexity index is 746. The predicted molar refractivity (Wildman–Crippen MR) is 86.6 cm³/mol. The van der Waals surface area contributed by atoms with Crippen molar-refractivity contribution in [2.24, 2.45) is 5.10 Å². The molecule has 0 atom stereocenters. The van der Waals surface area contributed by atoms with Gasteiger partial charge in [-0.1, -0.05) is 42.5 Å². The third-order valence-corrected chi connectivity index (χ3v) is 2.88. The standard InChI is InChI=1S/C17H14N4O2/c18-11-10-13-6-8-15(9-7-13)20-16(22)17(23)21-19-12-14-4-2-1-3-5-14/h1-9,12H,10H2,(H,20,22)(H,21,23)/b19-12+. The second kappa shape index (κ2) is 8.10. The van der Waals surface area contributed by atoms with E-state index in [0.29, 0.717) is 12.1 Å². The summed E-state index contributed by atoms with van der Waals surface area (Å²) in [7, 11) is 0. The van der Waals surface area contributed by atoms with Crippen molar-refractivity contribution in [1.82, 2.24) is 5.43 Å². The van der Waals surface area contributed by atoms with Gasteiger partial charge in [-0.3, -0.25) is 9.59 Å². The van der Waals surface area contributed by atoms with Crippen LogP contribution in [0.1, 0.15) is 11.1 Å². The molecule has 2 aromatic rings. The minimum Gasteiger partial charge on any atom is -0.318 e. The summed E-state index contributed by atoms with van der Waals surface area (Å²) < 4.78 is 0. The third-order valence-electron chi connectivity index (χ3n) is 2.88. The molecular weight excluding hydrogens is 292 g/mol. The molecule has 2 N–H and O–H groups in total. The topological polar surface area (TPSA) is 94.4 Å². The van der Waals surface area contributed by atoms with E-state index in [-0.39, 0.29) is 0 Å². The van der Waals surface area contributed by atoms with Gasteiger partial charge in [0, 0.05) is 5.69 Å². The molecule has 23 heavy (non-hydrogen) atoms. The molecule has 2 aromatic carbocycles. The van der Waals surface area contributed by atoms with Gasteiger partial charge in [-0.2, -0.15) is 10.4 Å². The summed E-state index contributed by atoms with van der Waals surface area (Å²) >= 11 is 0. The number of rotatable bonds is 4. The predicted octanol–water partition coefficient (Wildman–Crippen LogP) is 1.84. The van der Waals surface area contributed by atoms with Crippen LogP contribution in [0, 0.1) is 11.3 Å². The van der Waals surface area contributed by atoms with Crippen LogP contribution in [0.15, 0.2) is 59.7 Å². The van der Waals surface area contributed by atoms with Crippen molar-refractivity contribution in [3.63, 3.8) is 0 Å². The SMILES string of the molecule is N#CCc1ccc(NC(=O)C(=O)N/N=C/c2ccccc2)cc1. The van der Waals surface area contributed by atoms with Gasteiger partial charge in [-0.25, -0.2) is 5.43 Å². The van der Waals surface area contributed by atoms with Crippen LogP contribution >= 0.6 is 0 Å². The molecule has 6 heteroatoms. The quantitative estimate of drug-likeness (QED) is 0.512. The molecule has 0 saturated carbocycles. The van der Waals surface area contributed by atoms with Crippen LogP contribution in [0.3, 0.4) is 0 Å². The maximum Gasteiger partial charge on any atom is 0.329 e. The molecule has 0 saturated heterocycles. The van der Waals surface area contributed by atoms with E-state index in [9.17, 15) is 9.59 Å². The summed E-state index contributed by atoms with van der Waals surface area (Å²) in [5.41, 5.74) is 4.27. The molecule has 6 nitrogen and oxygen atoms in total. The molecule has 0 aromatic heterocycles. The molecule has 0 radical (unpaired) electrons. The van der Waals surface area contributed by atoms with Crippen molar-refractivity contribution in [3.05, 3.63) is 65.7 Å². The number of hydrogen-bond donors (Lipinski definition) is 2. The molecule has 0 aliphatic heterocycles. The zero-order valence-corrected chi connectivity index (χ0v) is 12.2. The molecule has 2 amide bonds. The normalized spacial score (nSPS) is 10.0. The molecule has 0 aliphatic carbocycles. The average molecular weight is 306 g/mol. The number of amides is 2. The minimum atomic E-state index is -0.863. The van der Waals surface area contributed by atoms with E-state index in [2.05, 4.69) is 15.8 Å². The van der Waals surface area contributed by atoms with Gasteiger partial charge in [0.2, 0.25) is 0 Å². The first-order chi connectivity index (χ1) is 11.2. The number of carbonyl (C=O) groups is 2. The summed E-state index contributed by atoms with van der Waals surface area (Å²) in [6.07, 6.45) is 1.74. The van der Waals surface area contributed by atoms with E-state index >= 15 is 0 Å². The van der Waals surface area contributed by atoms with Gasteiger partial charge < -0.3 is 5.32 Å². The Hall–Kier alpha value is -3.46. The van der Waals surface area contributed by atoms with E-state index in [1.165, 1.54) is 6.21 Å². The van der Waals surface area contributed by atoms with Crippen LogP contribution in [-0.2, 0) is 16.0 Å². The molecule has 0 heterocycles. The van der Waals surface area contributed by atoms with Crippen LogP contribution in [-0.4, -0.2) is 18.0 Å². The first kappa shape index (κ1) is 15.9. The highest BCUT2D eigenvalue weighted by Gasteiger charge is 2.12. The van der Waals surface area contributed by atoms with E-state index in [1.807, 2.05) is 36.4 Å². The van der Waals surface area contributed by atoms with Gasteiger partial charge in [-0.15, -0.1) is 0 Å². The summed E-state index contributed by atoms with van der Waals surface area (Å²) in [5, 5.41) is 14.8. The number of nitrogens with zero attached hydrogens (tertiary/aromatic N) is 2. The second-order valence-electron chi connectivity index (χ2n) is 4.60. The lowest BCUT2D eigenvalue weighted by Gasteiger charge is -2.04. The fourth-order valence-electron chi connectivity index (χ4n) is 1.74. The fraction of sp³-hybridized carbons (Fsp3) is 0.0588. The number of carbonyl (C=O) groups excluding carboxylic acids is 2. The highest BCUT2D eigenvalue weighted by atomic mass is 16.2. The molecule has 0 fully saturated rings. The van der Waals surface area contributed by atoms with Gasteiger partial charge in [0.25, 0.3) is 0 Å². The van der Waals surface area contributed by atoms with Gasteiger partial charge in [0.15, 0.2) is 0 Å². The van der Waals surface area contributed by atoms with Crippen molar-refractivity contribution in [2.45, 2.75) is 6.42 Å². The maximum absolute atomic E-state index is 11.7. The Labute approximate surface area is 133 Å². The lowest BCUT2D eigenvalue weighted by Crippen LogP contribution is -2.32. The number of hydrazone groups is 1. The van der Waals surface area contributed by atoms with Gasteiger partial charge in [0.1, 0.15) is 0 Å². The van der Waals surface area contributed by atoms with Gasteiger partial charge in [0.05, 0.1) is 18.7 Å². The summed E-state index contributed by atoms with van der Waals surface area (Å²) in [6, 6.07) is 17.9. The third kappa shape index (κ3) is 5.10. The van der Waals surface area contributed by atoms with E-state index in [1.54, 1.807) is 24.3 Å². The number of benzene rings is 2. The number of hydrogen-bond acceptors (Lipinski definition) is 4. The second-order valence-corrected chi connectivity index (χ2v) is 4.60. The van der Waals surface area contributed by atoms with Crippen molar-refractivity contribution in [3.8, 4) is 6.07 Å². The van der Waals surface area contributed by atoms with Crippen molar-refractivity contribution in [1.29, 1.82) is 5.26 Å². The molecule has 114 valence electrons. The minimum absolute atomic E-state index is 0.295. The van der Waals surface area contributed by atoms with Gasteiger partial charge >= 0.3 is 11.8 Å². The fourth-order valence-corrected chi connectivity index (χ4v) is 1.74. The van der Waals surface area contributed by atoms with Crippen molar-refractivity contribution >= 4 is 23.7 Å². The zero-order chi connectivity index (χ0) is 16.5. The highest BCUT2D eigenvalue weighted by Crippen LogP contribution is 2.09. The van der Waals surface area contributed by atoms with Crippen LogP contribution in [0.4, 0.5) is 5.69 Å². The van der Waals surface area contributed by atoms with Crippen LogP contribution in [0.25, 0.3) is 0 Å². The van der Waals surface area contributed by atoms with Crippen molar-refractivity contribution < 1.29 is 9.59 Å². The Kier molecular flexibility index (Phi) is 5.61. The molecule has 0 aliphatic rings.